The van der Waals surface area contributed by atoms with E-state index in [0.29, 0.717) is 0 Å². The van der Waals surface area contributed by atoms with Crippen molar-refractivity contribution in [3.05, 3.63) is 42.0 Å². The molecular formula is C15H20N2. The van der Waals surface area contributed by atoms with Crippen molar-refractivity contribution >= 4 is 5.57 Å². The van der Waals surface area contributed by atoms with Gasteiger partial charge in [0.05, 0.1) is 0 Å². The van der Waals surface area contributed by atoms with E-state index < -0.39 is 0 Å². The predicted octanol–water partition coefficient (Wildman–Crippen LogP) is 2.79. The Bertz CT molecular complexity index is 391. The smallest absolute Gasteiger partial charge is 0.0320 e. The maximum absolute atomic E-state index is 2.53. The summed E-state index contributed by atoms with van der Waals surface area (Å²) in [7, 11) is 0. The van der Waals surface area contributed by atoms with E-state index in [9.17, 15) is 0 Å². The Kier molecular flexibility index (Phi) is 3.25. The second-order valence-electron chi connectivity index (χ2n) is 4.92. The van der Waals surface area contributed by atoms with E-state index in [-0.39, 0.29) is 0 Å². The molecule has 2 heteroatoms. The van der Waals surface area contributed by atoms with Crippen LogP contribution in [-0.4, -0.2) is 36.2 Å². The molecule has 0 N–H and O–H groups in total. The quantitative estimate of drug-likeness (QED) is 0.768. The molecular weight excluding hydrogens is 208 g/mol. The predicted molar refractivity (Wildman–Crippen MR) is 71.4 cm³/mol. The van der Waals surface area contributed by atoms with Gasteiger partial charge in [-0.25, -0.2) is 10.0 Å². The molecule has 1 saturated heterocycles. The largest absolute Gasteiger partial charge is 0.241 e. The highest BCUT2D eigenvalue weighted by molar-refractivity contribution is 5.66. The van der Waals surface area contributed by atoms with Gasteiger partial charge in [-0.15, -0.1) is 0 Å². The van der Waals surface area contributed by atoms with Crippen LogP contribution in [0.25, 0.3) is 5.57 Å². The van der Waals surface area contributed by atoms with Gasteiger partial charge in [0.15, 0.2) is 0 Å². The fraction of sp³-hybridized carbons (Fsp3) is 0.467. The number of hydrogen-bond donors (Lipinski definition) is 0. The van der Waals surface area contributed by atoms with Crippen LogP contribution in [0.3, 0.4) is 0 Å². The highest BCUT2D eigenvalue weighted by atomic mass is 15.6. The van der Waals surface area contributed by atoms with Gasteiger partial charge in [-0.3, -0.25) is 0 Å². The average molecular weight is 228 g/mol. The Morgan fingerprint density at radius 3 is 2.24 bits per heavy atom. The van der Waals surface area contributed by atoms with E-state index in [1.807, 2.05) is 0 Å². The standard InChI is InChI=1S/C15H20N2/c1-2-6-14(7-3-1)15-8-12-17(13-9-15)16-10-4-5-11-16/h1-3,6-8H,4-5,9-13H2. The lowest BCUT2D eigenvalue weighted by atomic mass is 10.0. The molecule has 0 saturated carbocycles. The first-order valence-electron chi connectivity index (χ1n) is 6.68. The first kappa shape index (κ1) is 11.0. The summed E-state index contributed by atoms with van der Waals surface area (Å²) in [6, 6.07) is 10.8. The van der Waals surface area contributed by atoms with Crippen molar-refractivity contribution in [3.63, 3.8) is 0 Å². The van der Waals surface area contributed by atoms with Gasteiger partial charge in [0.1, 0.15) is 0 Å². The van der Waals surface area contributed by atoms with Crippen molar-refractivity contribution in [3.8, 4) is 0 Å². The lowest BCUT2D eigenvalue weighted by Crippen LogP contribution is -2.42. The van der Waals surface area contributed by atoms with Crippen LogP contribution in [0.15, 0.2) is 36.4 Å². The Hall–Kier alpha value is -1.12. The molecule has 0 spiro atoms. The Morgan fingerprint density at radius 1 is 0.824 bits per heavy atom. The van der Waals surface area contributed by atoms with Gasteiger partial charge in [-0.05, 0) is 30.4 Å². The van der Waals surface area contributed by atoms with Crippen molar-refractivity contribution in [2.75, 3.05) is 26.2 Å². The second-order valence-corrected chi connectivity index (χ2v) is 4.92. The molecule has 0 aliphatic carbocycles. The molecule has 1 fully saturated rings. The minimum Gasteiger partial charge on any atom is -0.241 e. The monoisotopic (exact) mass is 228 g/mol. The number of hydrazine groups is 1. The van der Waals surface area contributed by atoms with Crippen molar-refractivity contribution in [1.29, 1.82) is 0 Å². The third kappa shape index (κ3) is 2.43. The molecule has 0 unspecified atom stereocenters. The zero-order chi connectivity index (χ0) is 11.5. The first-order chi connectivity index (χ1) is 8.43. The van der Waals surface area contributed by atoms with E-state index in [1.54, 1.807) is 0 Å². The van der Waals surface area contributed by atoms with Crippen LogP contribution in [0.1, 0.15) is 24.8 Å². The number of benzene rings is 1. The van der Waals surface area contributed by atoms with Gasteiger partial charge >= 0.3 is 0 Å². The maximum Gasteiger partial charge on any atom is 0.0320 e. The van der Waals surface area contributed by atoms with Crippen LogP contribution in [-0.2, 0) is 0 Å². The highest BCUT2D eigenvalue weighted by Crippen LogP contribution is 2.23. The van der Waals surface area contributed by atoms with Crippen molar-refractivity contribution in [2.45, 2.75) is 19.3 Å². The molecule has 2 aliphatic rings. The van der Waals surface area contributed by atoms with E-state index >= 15 is 0 Å². The lowest BCUT2D eigenvalue weighted by molar-refractivity contribution is 0.00765. The Morgan fingerprint density at radius 2 is 1.59 bits per heavy atom. The molecule has 0 radical (unpaired) electrons. The molecule has 90 valence electrons. The Balaban J connectivity index is 1.67. The number of rotatable bonds is 2. The molecule has 1 aromatic carbocycles. The van der Waals surface area contributed by atoms with Gasteiger partial charge < -0.3 is 0 Å². The van der Waals surface area contributed by atoms with Gasteiger partial charge in [-0.2, -0.15) is 0 Å². The number of nitrogens with zero attached hydrogens (tertiary/aromatic N) is 2. The zero-order valence-corrected chi connectivity index (χ0v) is 10.3. The van der Waals surface area contributed by atoms with Crippen LogP contribution in [0.5, 0.6) is 0 Å². The minimum absolute atomic E-state index is 1.09. The third-order valence-corrected chi connectivity index (χ3v) is 3.81. The summed E-state index contributed by atoms with van der Waals surface area (Å²) in [4.78, 5) is 0. The number of hydrogen-bond acceptors (Lipinski definition) is 2. The summed E-state index contributed by atoms with van der Waals surface area (Å²) < 4.78 is 0. The SMILES string of the molecule is C1=C(c2ccccc2)CCN(N2CCCC2)C1. The van der Waals surface area contributed by atoms with E-state index in [2.05, 4.69) is 46.4 Å². The summed E-state index contributed by atoms with van der Waals surface area (Å²) in [6.07, 6.45) is 6.31. The van der Waals surface area contributed by atoms with Crippen molar-refractivity contribution in [1.82, 2.24) is 10.0 Å². The highest BCUT2D eigenvalue weighted by Gasteiger charge is 2.21. The van der Waals surface area contributed by atoms with Crippen LogP contribution in [0.2, 0.25) is 0 Å². The topological polar surface area (TPSA) is 6.48 Å². The van der Waals surface area contributed by atoms with E-state index in [4.69, 9.17) is 0 Å². The normalized spacial score (nSPS) is 22.7. The molecule has 2 heterocycles. The molecule has 0 bridgehead atoms. The second kappa shape index (κ2) is 5.03. The van der Waals surface area contributed by atoms with Crippen molar-refractivity contribution < 1.29 is 0 Å². The fourth-order valence-electron chi connectivity index (χ4n) is 2.81. The average Bonchev–Trinajstić information content (AvgIpc) is 2.94. The summed E-state index contributed by atoms with van der Waals surface area (Å²) >= 11 is 0. The van der Waals surface area contributed by atoms with Crippen molar-refractivity contribution in [2.24, 2.45) is 0 Å². The molecule has 3 rings (SSSR count). The van der Waals surface area contributed by atoms with Crippen LogP contribution in [0.4, 0.5) is 0 Å². The summed E-state index contributed by atoms with van der Waals surface area (Å²) in [6.45, 7) is 4.79. The fourth-order valence-corrected chi connectivity index (χ4v) is 2.81. The van der Waals surface area contributed by atoms with Crippen LogP contribution < -0.4 is 0 Å². The minimum atomic E-state index is 1.09. The molecule has 0 amide bonds. The molecule has 1 aromatic rings. The maximum atomic E-state index is 2.53. The van der Waals surface area contributed by atoms with E-state index in [1.165, 1.54) is 50.0 Å². The van der Waals surface area contributed by atoms with Gasteiger partial charge in [-0.1, -0.05) is 36.4 Å². The summed E-state index contributed by atoms with van der Waals surface area (Å²) in [5.74, 6) is 0. The molecule has 0 aromatic heterocycles. The Labute approximate surface area is 104 Å². The van der Waals surface area contributed by atoms with Gasteiger partial charge in [0.2, 0.25) is 0 Å². The van der Waals surface area contributed by atoms with Crippen LogP contribution in [0, 0.1) is 0 Å². The van der Waals surface area contributed by atoms with E-state index in [0.717, 1.165) is 6.54 Å². The molecule has 2 aliphatic heterocycles. The van der Waals surface area contributed by atoms with Crippen LogP contribution >= 0.6 is 0 Å². The molecule has 17 heavy (non-hydrogen) atoms. The first-order valence-corrected chi connectivity index (χ1v) is 6.68. The molecule has 0 atom stereocenters. The van der Waals surface area contributed by atoms with Gasteiger partial charge in [0, 0.05) is 26.2 Å². The summed E-state index contributed by atoms with van der Waals surface area (Å²) in [5, 5.41) is 5.04. The zero-order valence-electron chi connectivity index (χ0n) is 10.3. The van der Waals surface area contributed by atoms with Gasteiger partial charge in [0.25, 0.3) is 0 Å². The molecule has 2 nitrogen and oxygen atoms in total. The summed E-state index contributed by atoms with van der Waals surface area (Å²) in [5.41, 5.74) is 2.91. The lowest BCUT2D eigenvalue weighted by Gasteiger charge is -2.34. The third-order valence-electron chi connectivity index (χ3n) is 3.81.